The highest BCUT2D eigenvalue weighted by Crippen LogP contribution is 2.30. The number of hydrogen-bond acceptors (Lipinski definition) is 2. The van der Waals surface area contributed by atoms with Gasteiger partial charge in [0.25, 0.3) is 0 Å². The molecule has 0 fully saturated rings. The van der Waals surface area contributed by atoms with Gasteiger partial charge in [-0.2, -0.15) is 5.10 Å². The smallest absolute Gasteiger partial charge is 0.0973 e. The molecule has 2 rings (SSSR count). The normalized spacial score (nSPS) is 11.0. The second-order valence-corrected chi connectivity index (χ2v) is 4.01. The lowest BCUT2D eigenvalue weighted by molar-refractivity contribution is 0.779. The molecule has 0 spiro atoms. The molecule has 3 nitrogen and oxygen atoms in total. The number of anilines is 1. The van der Waals surface area contributed by atoms with Crippen molar-refractivity contribution in [3.63, 3.8) is 0 Å². The zero-order chi connectivity index (χ0) is 9.59. The molecule has 0 bridgehead atoms. The molecule has 0 saturated carbocycles. The highest BCUT2D eigenvalue weighted by atomic mass is 79.9. The van der Waals surface area contributed by atoms with E-state index in [0.29, 0.717) is 0 Å². The largest absolute Gasteiger partial charge is 0.397 e. The molecule has 1 aromatic carbocycles. The van der Waals surface area contributed by atoms with Crippen LogP contribution in [0.4, 0.5) is 5.69 Å². The van der Waals surface area contributed by atoms with Crippen molar-refractivity contribution in [2.45, 2.75) is 6.92 Å². The van der Waals surface area contributed by atoms with Gasteiger partial charge in [0.15, 0.2) is 0 Å². The van der Waals surface area contributed by atoms with E-state index in [1.807, 2.05) is 26.2 Å². The van der Waals surface area contributed by atoms with E-state index in [0.717, 1.165) is 26.6 Å². The Labute approximate surface area is 84.7 Å². The number of nitrogens with zero attached hydrogens (tertiary/aromatic N) is 2. The van der Waals surface area contributed by atoms with Crippen molar-refractivity contribution in [1.82, 2.24) is 9.78 Å². The van der Waals surface area contributed by atoms with Gasteiger partial charge in [0, 0.05) is 23.1 Å². The molecular weight excluding hydrogens is 230 g/mol. The van der Waals surface area contributed by atoms with Crippen molar-refractivity contribution in [2.24, 2.45) is 7.05 Å². The van der Waals surface area contributed by atoms with Gasteiger partial charge in [0.1, 0.15) is 0 Å². The Kier molecular flexibility index (Phi) is 1.80. The molecule has 2 N–H and O–H groups in total. The maximum absolute atomic E-state index is 5.90. The van der Waals surface area contributed by atoms with Crippen LogP contribution in [0.1, 0.15) is 5.56 Å². The number of benzene rings is 1. The standard InChI is InChI=1S/C9H10BrN3/c1-5-3-7(10)8(11)6-4-13(2)12-9(5)6/h3-4H,11H2,1-2H3. The summed E-state index contributed by atoms with van der Waals surface area (Å²) in [7, 11) is 1.90. The van der Waals surface area contributed by atoms with Crippen LogP contribution in [0, 0.1) is 6.92 Å². The third-order valence-corrected chi connectivity index (χ3v) is 2.75. The van der Waals surface area contributed by atoms with Crippen molar-refractivity contribution in [3.8, 4) is 0 Å². The Morgan fingerprint density at radius 2 is 2.23 bits per heavy atom. The topological polar surface area (TPSA) is 43.8 Å². The SMILES string of the molecule is Cc1cc(Br)c(N)c2cn(C)nc12. The van der Waals surface area contributed by atoms with Gasteiger partial charge >= 0.3 is 0 Å². The van der Waals surface area contributed by atoms with Gasteiger partial charge < -0.3 is 5.73 Å². The second-order valence-electron chi connectivity index (χ2n) is 3.15. The molecule has 1 aromatic heterocycles. The number of rotatable bonds is 0. The highest BCUT2D eigenvalue weighted by molar-refractivity contribution is 9.10. The van der Waals surface area contributed by atoms with Crippen molar-refractivity contribution in [2.75, 3.05) is 5.73 Å². The van der Waals surface area contributed by atoms with Crippen LogP contribution >= 0.6 is 15.9 Å². The Morgan fingerprint density at radius 1 is 1.54 bits per heavy atom. The van der Waals surface area contributed by atoms with E-state index in [9.17, 15) is 0 Å². The average molecular weight is 240 g/mol. The maximum atomic E-state index is 5.90. The summed E-state index contributed by atoms with van der Waals surface area (Å²) in [5, 5.41) is 5.34. The van der Waals surface area contributed by atoms with E-state index in [2.05, 4.69) is 21.0 Å². The Bertz CT molecular complexity index is 473. The number of aryl methyl sites for hydroxylation is 2. The van der Waals surface area contributed by atoms with Crippen LogP contribution < -0.4 is 5.73 Å². The summed E-state index contributed by atoms with van der Waals surface area (Å²) in [6, 6.07) is 1.99. The Hall–Kier alpha value is -1.03. The number of aromatic nitrogens is 2. The number of nitrogens with two attached hydrogens (primary N) is 1. The summed E-state index contributed by atoms with van der Waals surface area (Å²) >= 11 is 3.41. The van der Waals surface area contributed by atoms with Crippen molar-refractivity contribution < 1.29 is 0 Å². The Balaban J connectivity index is 2.95. The summed E-state index contributed by atoms with van der Waals surface area (Å²) in [5.41, 5.74) is 8.77. The summed E-state index contributed by atoms with van der Waals surface area (Å²) in [6.45, 7) is 2.03. The summed E-state index contributed by atoms with van der Waals surface area (Å²) < 4.78 is 2.71. The summed E-state index contributed by atoms with van der Waals surface area (Å²) in [5.74, 6) is 0. The summed E-state index contributed by atoms with van der Waals surface area (Å²) in [6.07, 6.45) is 1.93. The lowest BCUT2D eigenvalue weighted by atomic mass is 10.1. The molecular formula is C9H10BrN3. The molecule has 68 valence electrons. The van der Waals surface area contributed by atoms with Crippen LogP contribution in [0.5, 0.6) is 0 Å². The van der Waals surface area contributed by atoms with E-state index < -0.39 is 0 Å². The zero-order valence-electron chi connectivity index (χ0n) is 7.50. The van der Waals surface area contributed by atoms with E-state index in [-0.39, 0.29) is 0 Å². The first-order valence-corrected chi connectivity index (χ1v) is 4.77. The third-order valence-electron chi connectivity index (χ3n) is 2.09. The first-order valence-electron chi connectivity index (χ1n) is 3.97. The van der Waals surface area contributed by atoms with Crippen molar-refractivity contribution >= 4 is 32.5 Å². The zero-order valence-corrected chi connectivity index (χ0v) is 9.09. The van der Waals surface area contributed by atoms with Crippen LogP contribution in [-0.4, -0.2) is 9.78 Å². The van der Waals surface area contributed by atoms with E-state index in [4.69, 9.17) is 5.73 Å². The molecule has 0 aliphatic heterocycles. The molecule has 0 radical (unpaired) electrons. The molecule has 13 heavy (non-hydrogen) atoms. The van der Waals surface area contributed by atoms with Gasteiger partial charge in [0.2, 0.25) is 0 Å². The number of nitrogen functional groups attached to an aromatic ring is 1. The number of fused-ring (bicyclic) bond motifs is 1. The predicted molar refractivity (Wildman–Crippen MR) is 57.6 cm³/mol. The fourth-order valence-corrected chi connectivity index (χ4v) is 2.00. The van der Waals surface area contributed by atoms with Crippen LogP contribution in [0.2, 0.25) is 0 Å². The first kappa shape index (κ1) is 8.56. The molecule has 4 heteroatoms. The minimum Gasteiger partial charge on any atom is -0.397 e. The summed E-state index contributed by atoms with van der Waals surface area (Å²) in [4.78, 5) is 0. The second kappa shape index (κ2) is 2.73. The maximum Gasteiger partial charge on any atom is 0.0973 e. The van der Waals surface area contributed by atoms with Crippen molar-refractivity contribution in [3.05, 3.63) is 22.3 Å². The van der Waals surface area contributed by atoms with Gasteiger partial charge in [-0.1, -0.05) is 0 Å². The van der Waals surface area contributed by atoms with Crippen molar-refractivity contribution in [1.29, 1.82) is 0 Å². The van der Waals surface area contributed by atoms with E-state index in [1.54, 1.807) is 4.68 Å². The monoisotopic (exact) mass is 239 g/mol. The van der Waals surface area contributed by atoms with Gasteiger partial charge in [0.05, 0.1) is 11.2 Å². The third kappa shape index (κ3) is 1.21. The molecule has 2 aromatic rings. The Morgan fingerprint density at radius 3 is 2.92 bits per heavy atom. The minimum absolute atomic E-state index is 0.758. The predicted octanol–water partition coefficient (Wildman–Crippen LogP) is 2.23. The molecule has 1 heterocycles. The highest BCUT2D eigenvalue weighted by Gasteiger charge is 2.08. The number of halogens is 1. The average Bonchev–Trinajstić information content (AvgIpc) is 2.44. The lowest BCUT2D eigenvalue weighted by Gasteiger charge is -2.01. The van der Waals surface area contributed by atoms with Gasteiger partial charge in [-0.3, -0.25) is 4.68 Å². The first-order chi connectivity index (χ1) is 6.09. The molecule has 0 aliphatic carbocycles. The molecule has 0 atom stereocenters. The van der Waals surface area contributed by atoms with Crippen LogP contribution in [0.15, 0.2) is 16.7 Å². The quantitative estimate of drug-likeness (QED) is 0.717. The van der Waals surface area contributed by atoms with E-state index in [1.165, 1.54) is 0 Å². The van der Waals surface area contributed by atoms with E-state index >= 15 is 0 Å². The molecule has 0 aliphatic rings. The fraction of sp³-hybridized carbons (Fsp3) is 0.222. The molecule has 0 saturated heterocycles. The van der Waals surface area contributed by atoms with Gasteiger partial charge in [-0.05, 0) is 34.5 Å². The van der Waals surface area contributed by atoms with Gasteiger partial charge in [-0.25, -0.2) is 0 Å². The lowest BCUT2D eigenvalue weighted by Crippen LogP contribution is -1.89. The fourth-order valence-electron chi connectivity index (χ4n) is 1.44. The number of hydrogen-bond donors (Lipinski definition) is 1. The minimum atomic E-state index is 0.758. The van der Waals surface area contributed by atoms with Crippen LogP contribution in [0.3, 0.4) is 0 Å². The molecule has 0 unspecified atom stereocenters. The van der Waals surface area contributed by atoms with Gasteiger partial charge in [-0.15, -0.1) is 0 Å². The molecule has 0 amide bonds. The van der Waals surface area contributed by atoms with Crippen LogP contribution in [0.25, 0.3) is 10.9 Å². The van der Waals surface area contributed by atoms with Crippen LogP contribution in [-0.2, 0) is 7.05 Å².